The van der Waals surface area contributed by atoms with Crippen LogP contribution in [0.25, 0.3) is 0 Å². The Bertz CT molecular complexity index is 595. The van der Waals surface area contributed by atoms with E-state index < -0.39 is 0 Å². The van der Waals surface area contributed by atoms with Crippen molar-refractivity contribution in [1.29, 1.82) is 0 Å². The Morgan fingerprint density at radius 1 is 1.29 bits per heavy atom. The molecule has 3 aliphatic carbocycles. The largest absolute Gasteiger partial charge is 0.497 e. The summed E-state index contributed by atoms with van der Waals surface area (Å²) in [6.45, 7) is 2.51. The van der Waals surface area contributed by atoms with Crippen LogP contribution in [0.4, 0.5) is 0 Å². The van der Waals surface area contributed by atoms with Gasteiger partial charge in [-0.05, 0) is 78.5 Å². The first-order chi connectivity index (χ1) is 10.2. The number of hydrogen-bond acceptors (Lipinski definition) is 2. The summed E-state index contributed by atoms with van der Waals surface area (Å²) in [4.78, 5) is 0. The zero-order chi connectivity index (χ0) is 14.2. The van der Waals surface area contributed by atoms with E-state index in [1.54, 1.807) is 18.2 Å². The van der Waals surface area contributed by atoms with E-state index in [-0.39, 0.29) is 0 Å². The fraction of sp³-hybridized carbons (Fsp3) is 0.684. The highest BCUT2D eigenvalue weighted by Gasteiger charge is 2.66. The van der Waals surface area contributed by atoms with Crippen LogP contribution in [0.15, 0.2) is 18.2 Å². The van der Waals surface area contributed by atoms with Gasteiger partial charge in [0.25, 0.3) is 0 Å². The van der Waals surface area contributed by atoms with Gasteiger partial charge in [0.05, 0.1) is 19.3 Å². The average molecular weight is 284 g/mol. The summed E-state index contributed by atoms with van der Waals surface area (Å²) in [5.74, 6) is 3.59. The van der Waals surface area contributed by atoms with Gasteiger partial charge in [-0.3, -0.25) is 0 Å². The molecule has 112 valence electrons. The van der Waals surface area contributed by atoms with E-state index in [0.29, 0.717) is 17.6 Å². The van der Waals surface area contributed by atoms with Crippen LogP contribution in [0, 0.1) is 17.3 Å². The summed E-state index contributed by atoms with van der Waals surface area (Å²) in [7, 11) is 1.77. The SMILES string of the molecule is COc1ccc2c(c1)CC[C@@H]1[C@@H]2CC[C@]2(C)[C@H]1C[C@@H]1O[C@@H]12. The summed E-state index contributed by atoms with van der Waals surface area (Å²) in [5, 5.41) is 0. The predicted octanol–water partition coefficient (Wildman–Crippen LogP) is 3.93. The lowest BCUT2D eigenvalue weighted by molar-refractivity contribution is 0.00418. The van der Waals surface area contributed by atoms with Crippen LogP contribution in [0.2, 0.25) is 0 Å². The van der Waals surface area contributed by atoms with Gasteiger partial charge in [-0.25, -0.2) is 0 Å². The highest BCUT2D eigenvalue weighted by molar-refractivity contribution is 5.41. The Balaban J connectivity index is 1.51. The second-order valence-corrected chi connectivity index (χ2v) is 7.86. The average Bonchev–Trinajstić information content (AvgIpc) is 3.23. The third-order valence-electron chi connectivity index (χ3n) is 7.09. The lowest BCUT2D eigenvalue weighted by Gasteiger charge is -2.49. The van der Waals surface area contributed by atoms with Crippen molar-refractivity contribution in [3.8, 4) is 5.75 Å². The molecule has 6 atom stereocenters. The fourth-order valence-corrected chi connectivity index (χ4v) is 5.98. The highest BCUT2D eigenvalue weighted by atomic mass is 16.6. The van der Waals surface area contributed by atoms with Crippen LogP contribution in [0.1, 0.15) is 49.7 Å². The molecule has 1 heterocycles. The lowest BCUT2D eigenvalue weighted by atomic mass is 9.55. The topological polar surface area (TPSA) is 21.8 Å². The van der Waals surface area contributed by atoms with Crippen molar-refractivity contribution in [2.24, 2.45) is 17.3 Å². The molecule has 0 aromatic heterocycles. The van der Waals surface area contributed by atoms with E-state index in [2.05, 4.69) is 25.1 Å². The molecule has 0 spiro atoms. The first kappa shape index (κ1) is 12.5. The smallest absolute Gasteiger partial charge is 0.119 e. The minimum Gasteiger partial charge on any atom is -0.497 e. The monoisotopic (exact) mass is 284 g/mol. The van der Waals surface area contributed by atoms with Gasteiger partial charge in [0.15, 0.2) is 0 Å². The molecule has 4 aliphatic rings. The van der Waals surface area contributed by atoms with Crippen molar-refractivity contribution < 1.29 is 9.47 Å². The van der Waals surface area contributed by atoms with E-state index in [0.717, 1.165) is 23.5 Å². The van der Waals surface area contributed by atoms with Crippen molar-refractivity contribution in [3.05, 3.63) is 29.3 Å². The van der Waals surface area contributed by atoms with Crippen LogP contribution < -0.4 is 4.74 Å². The number of benzene rings is 1. The third kappa shape index (κ3) is 1.57. The molecular weight excluding hydrogens is 260 g/mol. The van der Waals surface area contributed by atoms with Crippen LogP contribution >= 0.6 is 0 Å². The standard InChI is InChI=1S/C19H24O2/c1-19-8-7-14-13-6-4-12(20-2)9-11(13)3-5-15(14)16(19)10-17-18(19)21-17/h4,6,9,14-18H,3,5,7-8,10H2,1-2H3/t14-,15-,16+,17+,18+,19-/m1/s1. The van der Waals surface area contributed by atoms with Gasteiger partial charge in [-0.1, -0.05) is 13.0 Å². The molecule has 0 radical (unpaired) electrons. The minimum absolute atomic E-state index is 0.482. The molecule has 1 aliphatic heterocycles. The van der Waals surface area contributed by atoms with E-state index in [1.807, 2.05) is 0 Å². The molecule has 2 heteroatoms. The van der Waals surface area contributed by atoms with Gasteiger partial charge in [-0.2, -0.15) is 0 Å². The maximum absolute atomic E-state index is 5.89. The number of rotatable bonds is 1. The van der Waals surface area contributed by atoms with Crippen molar-refractivity contribution in [1.82, 2.24) is 0 Å². The predicted molar refractivity (Wildman–Crippen MR) is 81.7 cm³/mol. The van der Waals surface area contributed by atoms with Crippen molar-refractivity contribution in [2.75, 3.05) is 7.11 Å². The van der Waals surface area contributed by atoms with Gasteiger partial charge in [-0.15, -0.1) is 0 Å². The second-order valence-electron chi connectivity index (χ2n) is 7.86. The molecule has 3 fully saturated rings. The molecule has 1 saturated heterocycles. The number of aryl methyl sites for hydroxylation is 1. The quantitative estimate of drug-likeness (QED) is 0.729. The Hall–Kier alpha value is -1.02. The Kier molecular flexibility index (Phi) is 2.41. The minimum atomic E-state index is 0.482. The molecule has 2 saturated carbocycles. The molecule has 2 nitrogen and oxygen atoms in total. The number of fused-ring (bicyclic) bond motifs is 7. The van der Waals surface area contributed by atoms with Gasteiger partial charge in [0.2, 0.25) is 0 Å². The zero-order valence-corrected chi connectivity index (χ0v) is 13.0. The Morgan fingerprint density at radius 2 is 2.19 bits per heavy atom. The fourth-order valence-electron chi connectivity index (χ4n) is 5.98. The summed E-state index contributed by atoms with van der Waals surface area (Å²) in [5.41, 5.74) is 3.64. The zero-order valence-electron chi connectivity index (χ0n) is 13.0. The van der Waals surface area contributed by atoms with E-state index >= 15 is 0 Å². The molecule has 5 rings (SSSR count). The second kappa shape index (κ2) is 4.04. The summed E-state index contributed by atoms with van der Waals surface area (Å²) >= 11 is 0. The number of ether oxygens (including phenoxy) is 2. The Morgan fingerprint density at radius 3 is 3.05 bits per heavy atom. The molecule has 0 N–H and O–H groups in total. The van der Waals surface area contributed by atoms with Crippen molar-refractivity contribution in [3.63, 3.8) is 0 Å². The van der Waals surface area contributed by atoms with Crippen molar-refractivity contribution in [2.45, 2.75) is 57.2 Å². The van der Waals surface area contributed by atoms with E-state index in [4.69, 9.17) is 9.47 Å². The van der Waals surface area contributed by atoms with E-state index in [1.165, 1.54) is 32.1 Å². The molecule has 21 heavy (non-hydrogen) atoms. The highest BCUT2D eigenvalue weighted by Crippen LogP contribution is 2.66. The number of methoxy groups -OCH3 is 1. The molecule has 0 amide bonds. The lowest BCUT2D eigenvalue weighted by Crippen LogP contribution is -2.42. The molecule has 0 bridgehead atoms. The van der Waals surface area contributed by atoms with Crippen LogP contribution in [-0.4, -0.2) is 19.3 Å². The third-order valence-corrected chi connectivity index (χ3v) is 7.09. The van der Waals surface area contributed by atoms with E-state index in [9.17, 15) is 0 Å². The molecular formula is C19H24O2. The number of hydrogen-bond donors (Lipinski definition) is 0. The molecule has 0 unspecified atom stereocenters. The Labute approximate surface area is 126 Å². The summed E-state index contributed by atoms with van der Waals surface area (Å²) in [6.07, 6.45) is 7.83. The van der Waals surface area contributed by atoms with Gasteiger partial charge < -0.3 is 9.47 Å². The van der Waals surface area contributed by atoms with Crippen LogP contribution in [-0.2, 0) is 11.2 Å². The van der Waals surface area contributed by atoms with Crippen LogP contribution in [0.3, 0.4) is 0 Å². The van der Waals surface area contributed by atoms with Gasteiger partial charge in [0, 0.05) is 0 Å². The number of epoxide rings is 1. The van der Waals surface area contributed by atoms with Gasteiger partial charge in [0.1, 0.15) is 5.75 Å². The van der Waals surface area contributed by atoms with Crippen molar-refractivity contribution >= 4 is 0 Å². The van der Waals surface area contributed by atoms with Gasteiger partial charge >= 0.3 is 0 Å². The van der Waals surface area contributed by atoms with Crippen LogP contribution in [0.5, 0.6) is 5.75 Å². The normalized spacial score (nSPS) is 46.1. The molecule has 1 aromatic carbocycles. The summed E-state index contributed by atoms with van der Waals surface area (Å²) in [6, 6.07) is 6.78. The molecule has 1 aromatic rings. The summed E-state index contributed by atoms with van der Waals surface area (Å²) < 4.78 is 11.3. The maximum atomic E-state index is 5.89. The first-order valence-corrected chi connectivity index (χ1v) is 8.53. The maximum Gasteiger partial charge on any atom is 0.119 e. The first-order valence-electron chi connectivity index (χ1n) is 8.53.